The van der Waals surface area contributed by atoms with E-state index in [0.29, 0.717) is 5.57 Å². The predicted octanol–water partition coefficient (Wildman–Crippen LogP) is 4.85. The molecule has 0 aliphatic carbocycles. The molecular weight excluding hydrogens is 376 g/mol. The lowest BCUT2D eigenvalue weighted by atomic mass is 10.1. The topological polar surface area (TPSA) is 70.6 Å². The van der Waals surface area contributed by atoms with Gasteiger partial charge in [-0.15, -0.1) is 0 Å². The summed E-state index contributed by atoms with van der Waals surface area (Å²) in [6.07, 6.45) is 0.957. The molecule has 3 aromatic rings. The fourth-order valence-electron chi connectivity index (χ4n) is 2.80. The number of para-hydroxylation sites is 1. The van der Waals surface area contributed by atoms with Gasteiger partial charge in [-0.25, -0.2) is 4.79 Å². The van der Waals surface area contributed by atoms with Crippen LogP contribution in [-0.2, 0) is 9.53 Å². The number of carbonyl (C=O) groups is 1. The Bertz CT molecular complexity index is 955. The van der Waals surface area contributed by atoms with Gasteiger partial charge in [-0.2, -0.15) is 0 Å². The molecule has 0 heterocycles. The summed E-state index contributed by atoms with van der Waals surface area (Å²) in [6.45, 7) is 1.91. The number of ether oxygens (including phenoxy) is 1. The first-order chi connectivity index (χ1) is 14.6. The summed E-state index contributed by atoms with van der Waals surface area (Å²) in [5.41, 5.74) is 4.29. The first kappa shape index (κ1) is 21.1. The van der Waals surface area contributed by atoms with Crippen LogP contribution in [0.4, 0.5) is 17.1 Å². The Morgan fingerprint density at radius 3 is 2.13 bits per heavy atom. The van der Waals surface area contributed by atoms with Crippen molar-refractivity contribution in [2.45, 2.75) is 13.0 Å². The van der Waals surface area contributed by atoms with Crippen molar-refractivity contribution in [3.05, 3.63) is 96.1 Å². The Labute approximate surface area is 177 Å². The second-order valence-electron chi connectivity index (χ2n) is 6.94. The van der Waals surface area contributed by atoms with Crippen molar-refractivity contribution in [3.8, 4) is 0 Å². The summed E-state index contributed by atoms with van der Waals surface area (Å²) < 4.78 is 5.20. The largest absolute Gasteiger partial charge is 0.460 e. The van der Waals surface area contributed by atoms with Crippen LogP contribution in [0, 0.1) is 0 Å². The van der Waals surface area contributed by atoms with Gasteiger partial charge in [0, 0.05) is 29.2 Å². The van der Waals surface area contributed by atoms with Crippen LogP contribution < -0.4 is 10.6 Å². The molecule has 0 aliphatic rings. The highest BCUT2D eigenvalue weighted by Crippen LogP contribution is 2.18. The molecule has 154 valence electrons. The first-order valence-electron chi connectivity index (χ1n) is 9.85. The Kier molecular flexibility index (Phi) is 7.64. The number of benzene rings is 3. The van der Waals surface area contributed by atoms with Gasteiger partial charge in [0.05, 0.1) is 0 Å². The van der Waals surface area contributed by atoms with E-state index in [4.69, 9.17) is 4.74 Å². The van der Waals surface area contributed by atoms with Crippen molar-refractivity contribution in [2.24, 2.45) is 0 Å². The van der Waals surface area contributed by atoms with Crippen LogP contribution >= 0.6 is 0 Å². The monoisotopic (exact) mass is 402 g/mol. The van der Waals surface area contributed by atoms with Gasteiger partial charge < -0.3 is 20.5 Å². The van der Waals surface area contributed by atoms with E-state index < -0.39 is 12.1 Å². The smallest absolute Gasteiger partial charge is 0.333 e. The lowest BCUT2D eigenvalue weighted by molar-refractivity contribution is -0.141. The number of rotatable bonds is 9. The van der Waals surface area contributed by atoms with Crippen LogP contribution in [0.1, 0.15) is 12.5 Å². The van der Waals surface area contributed by atoms with Gasteiger partial charge in [0.1, 0.15) is 12.7 Å². The van der Waals surface area contributed by atoms with Gasteiger partial charge in [-0.3, -0.25) is 0 Å². The molecule has 5 nitrogen and oxygen atoms in total. The minimum absolute atomic E-state index is 0.0700. The Morgan fingerprint density at radius 2 is 1.47 bits per heavy atom. The summed E-state index contributed by atoms with van der Waals surface area (Å²) in [5.74, 6) is -0.436. The molecule has 3 N–H and O–H groups in total. The summed E-state index contributed by atoms with van der Waals surface area (Å²) in [7, 11) is 0. The summed E-state index contributed by atoms with van der Waals surface area (Å²) >= 11 is 0. The minimum Gasteiger partial charge on any atom is -0.460 e. The third-order valence-electron chi connectivity index (χ3n) is 4.40. The van der Waals surface area contributed by atoms with Gasteiger partial charge in [0.2, 0.25) is 0 Å². The van der Waals surface area contributed by atoms with Crippen LogP contribution in [0.25, 0.3) is 6.08 Å². The average Bonchev–Trinajstić information content (AvgIpc) is 2.78. The third kappa shape index (κ3) is 6.79. The van der Waals surface area contributed by atoms with Crippen molar-refractivity contribution >= 4 is 29.1 Å². The zero-order valence-corrected chi connectivity index (χ0v) is 16.9. The van der Waals surface area contributed by atoms with Crippen LogP contribution in [0.3, 0.4) is 0 Å². The minimum atomic E-state index is -0.805. The normalized spacial score (nSPS) is 12.1. The van der Waals surface area contributed by atoms with Crippen LogP contribution in [-0.4, -0.2) is 30.3 Å². The molecule has 5 heteroatoms. The second-order valence-corrected chi connectivity index (χ2v) is 6.94. The number of aliphatic hydroxyl groups excluding tert-OH is 1. The van der Waals surface area contributed by atoms with E-state index >= 15 is 0 Å². The molecule has 0 bridgehead atoms. The molecule has 1 unspecified atom stereocenters. The SMILES string of the molecule is CC(=Cc1ccccc1)C(=O)OCC(O)CNc1ccc(Nc2ccccc2)cc1. The van der Waals surface area contributed by atoms with E-state index in [0.717, 1.165) is 22.6 Å². The molecule has 0 amide bonds. The van der Waals surface area contributed by atoms with Gasteiger partial charge >= 0.3 is 5.97 Å². The summed E-state index contributed by atoms with van der Waals surface area (Å²) in [5, 5.41) is 16.6. The zero-order valence-electron chi connectivity index (χ0n) is 16.9. The van der Waals surface area contributed by atoms with Crippen molar-refractivity contribution in [2.75, 3.05) is 23.8 Å². The maximum atomic E-state index is 12.1. The number of esters is 1. The summed E-state index contributed by atoms with van der Waals surface area (Å²) in [4.78, 5) is 12.1. The Balaban J connectivity index is 1.41. The number of anilines is 3. The predicted molar refractivity (Wildman–Crippen MR) is 122 cm³/mol. The van der Waals surface area contributed by atoms with E-state index in [9.17, 15) is 9.90 Å². The van der Waals surface area contributed by atoms with E-state index in [1.807, 2.05) is 84.9 Å². The van der Waals surface area contributed by atoms with Gasteiger partial charge in [-0.1, -0.05) is 48.5 Å². The molecule has 0 fully saturated rings. The van der Waals surface area contributed by atoms with Crippen LogP contribution in [0.2, 0.25) is 0 Å². The maximum Gasteiger partial charge on any atom is 0.333 e. The molecule has 0 aliphatic heterocycles. The van der Waals surface area contributed by atoms with E-state index in [1.54, 1.807) is 13.0 Å². The number of hydrogen-bond donors (Lipinski definition) is 3. The molecule has 1 atom stereocenters. The molecular formula is C25H26N2O3. The van der Waals surface area contributed by atoms with Gasteiger partial charge in [-0.05, 0) is 55.0 Å². The highest BCUT2D eigenvalue weighted by atomic mass is 16.5. The fourth-order valence-corrected chi connectivity index (χ4v) is 2.80. The first-order valence-corrected chi connectivity index (χ1v) is 9.85. The molecule has 3 aromatic carbocycles. The van der Waals surface area contributed by atoms with Crippen LogP contribution in [0.15, 0.2) is 90.5 Å². The number of carbonyl (C=O) groups excluding carboxylic acids is 1. The lowest BCUT2D eigenvalue weighted by Gasteiger charge is -2.14. The molecule has 0 saturated carbocycles. The van der Waals surface area contributed by atoms with E-state index in [1.165, 1.54) is 0 Å². The fraction of sp³-hybridized carbons (Fsp3) is 0.160. The molecule has 0 aromatic heterocycles. The molecule has 0 spiro atoms. The van der Waals surface area contributed by atoms with Gasteiger partial charge in [0.25, 0.3) is 0 Å². The average molecular weight is 402 g/mol. The van der Waals surface area contributed by atoms with E-state index in [2.05, 4.69) is 10.6 Å². The zero-order chi connectivity index (χ0) is 21.2. The number of aliphatic hydroxyl groups is 1. The standard InChI is InChI=1S/C25H26N2O3/c1-19(16-20-8-4-2-5-9-20)25(29)30-18-24(28)17-26-21-12-14-23(15-13-21)27-22-10-6-3-7-11-22/h2-16,24,26-28H,17-18H2,1H3. The third-order valence-corrected chi connectivity index (χ3v) is 4.40. The van der Waals surface area contributed by atoms with E-state index in [-0.39, 0.29) is 13.2 Å². The summed E-state index contributed by atoms with van der Waals surface area (Å²) in [6, 6.07) is 27.3. The molecule has 0 radical (unpaired) electrons. The molecule has 0 saturated heterocycles. The number of hydrogen-bond acceptors (Lipinski definition) is 5. The quantitative estimate of drug-likeness (QED) is 0.353. The maximum absolute atomic E-state index is 12.1. The van der Waals surface area contributed by atoms with Crippen molar-refractivity contribution in [1.82, 2.24) is 0 Å². The van der Waals surface area contributed by atoms with Crippen molar-refractivity contribution in [1.29, 1.82) is 0 Å². The highest BCUT2D eigenvalue weighted by molar-refractivity contribution is 5.93. The molecule has 30 heavy (non-hydrogen) atoms. The second kappa shape index (κ2) is 10.8. The number of nitrogens with one attached hydrogen (secondary N) is 2. The highest BCUT2D eigenvalue weighted by Gasteiger charge is 2.10. The van der Waals surface area contributed by atoms with Crippen molar-refractivity contribution in [3.63, 3.8) is 0 Å². The van der Waals surface area contributed by atoms with Gasteiger partial charge in [0.15, 0.2) is 0 Å². The van der Waals surface area contributed by atoms with Crippen molar-refractivity contribution < 1.29 is 14.6 Å². The van der Waals surface area contributed by atoms with Crippen LogP contribution in [0.5, 0.6) is 0 Å². The Hall–Kier alpha value is -3.57. The molecule has 3 rings (SSSR count). The Morgan fingerprint density at radius 1 is 0.900 bits per heavy atom. The lowest BCUT2D eigenvalue weighted by Crippen LogP contribution is -2.26.